The number of hydrogen-bond donors (Lipinski definition) is 2. The van der Waals surface area contributed by atoms with E-state index in [-0.39, 0.29) is 17.6 Å². The second-order valence-electron chi connectivity index (χ2n) is 8.77. The molecule has 0 bridgehead atoms. The Labute approximate surface area is 191 Å². The van der Waals surface area contributed by atoms with Crippen LogP contribution in [0.2, 0.25) is 0 Å². The molecule has 9 heteroatoms. The van der Waals surface area contributed by atoms with Crippen molar-refractivity contribution < 1.29 is 9.90 Å². The Hall–Kier alpha value is -3.59. The van der Waals surface area contributed by atoms with Crippen LogP contribution in [0, 0.1) is 12.8 Å². The zero-order chi connectivity index (χ0) is 22.9. The van der Waals surface area contributed by atoms with E-state index in [1.54, 1.807) is 24.5 Å². The lowest BCUT2D eigenvalue weighted by molar-refractivity contribution is -0.117. The van der Waals surface area contributed by atoms with Gasteiger partial charge in [0, 0.05) is 40.3 Å². The van der Waals surface area contributed by atoms with E-state index in [0.717, 1.165) is 34.9 Å². The topological polar surface area (TPSA) is 109 Å². The first-order valence-corrected chi connectivity index (χ1v) is 11.3. The third-order valence-corrected chi connectivity index (χ3v) is 6.06. The van der Waals surface area contributed by atoms with Crippen molar-refractivity contribution in [1.82, 2.24) is 29.5 Å². The molecule has 6 rings (SSSR count). The number of anilines is 1. The van der Waals surface area contributed by atoms with Gasteiger partial charge in [0.1, 0.15) is 11.6 Å². The average Bonchev–Trinajstić information content (AvgIpc) is 3.41. The van der Waals surface area contributed by atoms with Crippen molar-refractivity contribution in [2.45, 2.75) is 32.6 Å². The fourth-order valence-corrected chi connectivity index (χ4v) is 3.95. The molecule has 1 aliphatic heterocycles. The number of pyridine rings is 3. The molecule has 2 N–H and O–H groups in total. The molecule has 0 radical (unpaired) electrons. The van der Waals surface area contributed by atoms with Gasteiger partial charge in [0.25, 0.3) is 0 Å². The lowest BCUT2D eigenvalue weighted by Crippen LogP contribution is -2.14. The minimum atomic E-state index is 0.00973. The smallest absolute Gasteiger partial charge is 0.228 e. The van der Waals surface area contributed by atoms with Crippen LogP contribution < -0.4 is 5.32 Å². The summed E-state index contributed by atoms with van der Waals surface area (Å²) in [5.74, 6) is 1.22. The van der Waals surface area contributed by atoms with Crippen molar-refractivity contribution in [2.75, 3.05) is 25.5 Å². The lowest BCUT2D eigenvalue weighted by Gasteiger charge is -2.09. The van der Waals surface area contributed by atoms with Gasteiger partial charge in [-0.05, 0) is 70.9 Å². The maximum absolute atomic E-state index is 12.1. The van der Waals surface area contributed by atoms with Gasteiger partial charge in [-0.15, -0.1) is 5.10 Å². The summed E-state index contributed by atoms with van der Waals surface area (Å²) >= 11 is 0. The summed E-state index contributed by atoms with van der Waals surface area (Å²) in [6.07, 6.45) is 9.63. The number of aromatic hydroxyl groups is 1. The Morgan fingerprint density at radius 2 is 1.91 bits per heavy atom. The number of hydrogen-bond acceptors (Lipinski definition) is 7. The lowest BCUT2D eigenvalue weighted by atomic mass is 10.1. The third kappa shape index (κ3) is 4.63. The molecule has 1 saturated carbocycles. The van der Waals surface area contributed by atoms with Gasteiger partial charge in [-0.3, -0.25) is 9.78 Å². The minimum absolute atomic E-state index is 0.00973. The van der Waals surface area contributed by atoms with Gasteiger partial charge in [0.15, 0.2) is 11.5 Å². The maximum atomic E-state index is 12.1. The van der Waals surface area contributed by atoms with Crippen LogP contribution in [0.3, 0.4) is 0 Å². The van der Waals surface area contributed by atoms with Crippen molar-refractivity contribution in [2.24, 2.45) is 5.92 Å². The van der Waals surface area contributed by atoms with Gasteiger partial charge in [-0.1, -0.05) is 0 Å². The predicted molar refractivity (Wildman–Crippen MR) is 126 cm³/mol. The molecule has 4 aromatic rings. The number of amides is 1. The average molecular weight is 446 g/mol. The largest absolute Gasteiger partial charge is 0.506 e. The highest BCUT2D eigenvalue weighted by atomic mass is 16.3. The number of carbonyl (C=O) groups excluding carboxylic acids is 1. The Kier molecular flexibility index (Phi) is 5.63. The van der Waals surface area contributed by atoms with Crippen LogP contribution in [0.15, 0.2) is 36.8 Å². The molecule has 0 unspecified atom stereocenters. The number of likely N-dealkylation sites (tertiary alicyclic amines) is 1. The zero-order valence-corrected chi connectivity index (χ0v) is 18.8. The first-order valence-electron chi connectivity index (χ1n) is 11.3. The van der Waals surface area contributed by atoms with Crippen molar-refractivity contribution >= 4 is 28.1 Å². The van der Waals surface area contributed by atoms with Crippen LogP contribution in [0.25, 0.3) is 27.8 Å². The second kappa shape index (κ2) is 8.74. The Bertz CT molecular complexity index is 1320. The van der Waals surface area contributed by atoms with Crippen LogP contribution in [0.5, 0.6) is 5.75 Å². The summed E-state index contributed by atoms with van der Waals surface area (Å²) in [7, 11) is 2.17. The van der Waals surface area contributed by atoms with Gasteiger partial charge in [0.05, 0.1) is 6.20 Å². The third-order valence-electron chi connectivity index (χ3n) is 6.06. The van der Waals surface area contributed by atoms with Crippen molar-refractivity contribution in [3.05, 3.63) is 42.5 Å². The molecular weight excluding hydrogens is 418 g/mol. The standard InChI is InChI=1S/C19H16N6O2.C5H11N/c1-10-14-7-21-16(22-19(27)11-2-3-11)6-13(14)15(8-20-10)18-23-17-5-4-12(26)9-25(17)24-18;1-6-4-2-3-5-6/h4-9,11,26H,2-3H2,1H3,(H,21,22,27);2-5H2,1H3. The SMILES string of the molecule is CN1CCCC1.Cc1ncc(-c2nc3ccc(O)cn3n2)c2cc(NC(=O)C3CC3)ncc12. The zero-order valence-electron chi connectivity index (χ0n) is 18.8. The Balaban J connectivity index is 0.000000332. The maximum Gasteiger partial charge on any atom is 0.228 e. The fraction of sp³-hybridized carbons (Fsp3) is 0.375. The van der Waals surface area contributed by atoms with E-state index in [9.17, 15) is 9.90 Å². The Morgan fingerprint density at radius 1 is 1.12 bits per heavy atom. The highest BCUT2D eigenvalue weighted by Gasteiger charge is 2.29. The molecule has 2 fully saturated rings. The van der Waals surface area contributed by atoms with E-state index >= 15 is 0 Å². The van der Waals surface area contributed by atoms with Gasteiger partial charge in [-0.25, -0.2) is 14.5 Å². The fourth-order valence-electron chi connectivity index (χ4n) is 3.95. The van der Waals surface area contributed by atoms with E-state index in [1.807, 2.05) is 13.0 Å². The van der Waals surface area contributed by atoms with E-state index in [4.69, 9.17) is 0 Å². The molecular formula is C24H27N7O2. The molecule has 1 aliphatic carbocycles. The highest BCUT2D eigenvalue weighted by molar-refractivity contribution is 5.99. The summed E-state index contributed by atoms with van der Waals surface area (Å²) in [6, 6.07) is 5.09. The van der Waals surface area contributed by atoms with Gasteiger partial charge in [0.2, 0.25) is 5.91 Å². The normalized spacial score (nSPS) is 16.1. The van der Waals surface area contributed by atoms with Gasteiger partial charge < -0.3 is 15.3 Å². The summed E-state index contributed by atoms with van der Waals surface area (Å²) < 4.78 is 1.52. The molecule has 5 heterocycles. The molecule has 1 saturated heterocycles. The van der Waals surface area contributed by atoms with Crippen molar-refractivity contribution in [3.63, 3.8) is 0 Å². The van der Waals surface area contributed by atoms with Crippen LogP contribution >= 0.6 is 0 Å². The summed E-state index contributed by atoms with van der Waals surface area (Å²) in [5.41, 5.74) is 2.19. The van der Waals surface area contributed by atoms with Crippen LogP contribution in [0.1, 0.15) is 31.4 Å². The van der Waals surface area contributed by atoms with Crippen LogP contribution in [0.4, 0.5) is 5.82 Å². The molecule has 2 aliphatic rings. The number of nitrogens with one attached hydrogen (secondary N) is 1. The van der Waals surface area contributed by atoms with E-state index in [2.05, 4.69) is 37.3 Å². The number of aromatic nitrogens is 5. The Morgan fingerprint density at radius 3 is 2.61 bits per heavy atom. The summed E-state index contributed by atoms with van der Waals surface area (Å²) in [6.45, 7) is 4.55. The number of fused-ring (bicyclic) bond motifs is 2. The van der Waals surface area contributed by atoms with Crippen LogP contribution in [-0.2, 0) is 4.79 Å². The molecule has 0 aromatic carbocycles. The minimum Gasteiger partial charge on any atom is -0.506 e. The van der Waals surface area contributed by atoms with Crippen molar-refractivity contribution in [1.29, 1.82) is 0 Å². The van der Waals surface area contributed by atoms with Gasteiger partial charge in [-0.2, -0.15) is 0 Å². The van der Waals surface area contributed by atoms with E-state index < -0.39 is 0 Å². The molecule has 4 aromatic heterocycles. The molecule has 9 nitrogen and oxygen atoms in total. The molecule has 1 amide bonds. The molecule has 0 atom stereocenters. The van der Waals surface area contributed by atoms with Gasteiger partial charge >= 0.3 is 0 Å². The second-order valence-corrected chi connectivity index (χ2v) is 8.77. The number of rotatable bonds is 3. The highest BCUT2D eigenvalue weighted by Crippen LogP contribution is 2.32. The van der Waals surface area contributed by atoms with Crippen molar-refractivity contribution in [3.8, 4) is 17.1 Å². The monoisotopic (exact) mass is 445 g/mol. The number of carbonyl (C=O) groups is 1. The first-order chi connectivity index (χ1) is 16.0. The number of aryl methyl sites for hydroxylation is 1. The quantitative estimate of drug-likeness (QED) is 0.497. The molecule has 33 heavy (non-hydrogen) atoms. The van der Waals surface area contributed by atoms with E-state index in [1.165, 1.54) is 36.6 Å². The predicted octanol–water partition coefficient (Wildman–Crippen LogP) is 3.41. The summed E-state index contributed by atoms with van der Waals surface area (Å²) in [4.78, 5) is 27.7. The molecule has 170 valence electrons. The number of nitrogens with zero attached hydrogens (tertiary/aromatic N) is 6. The van der Waals surface area contributed by atoms with Crippen LogP contribution in [-0.4, -0.2) is 60.6 Å². The molecule has 0 spiro atoms. The first kappa shape index (κ1) is 21.3. The summed E-state index contributed by atoms with van der Waals surface area (Å²) in [5, 5.41) is 18.7. The van der Waals surface area contributed by atoms with E-state index in [0.29, 0.717) is 17.3 Å².